The van der Waals surface area contributed by atoms with Crippen molar-refractivity contribution < 1.29 is 0 Å². The number of fused-ring (bicyclic) bond motifs is 12. The molecule has 0 bridgehead atoms. The normalized spacial score (nSPS) is 18.1. The Balaban J connectivity index is 1.44. The summed E-state index contributed by atoms with van der Waals surface area (Å²) < 4.78 is 0. The van der Waals surface area contributed by atoms with Crippen LogP contribution in [0.2, 0.25) is 0 Å². The molecule has 1 heteroatoms. The summed E-state index contributed by atoms with van der Waals surface area (Å²) >= 11 is 0. The molecule has 1 aromatic heterocycles. The summed E-state index contributed by atoms with van der Waals surface area (Å²) in [6.07, 6.45) is 0. The van der Waals surface area contributed by atoms with E-state index < -0.39 is 0 Å². The highest BCUT2D eigenvalue weighted by atomic mass is 14.8. The van der Waals surface area contributed by atoms with E-state index >= 15 is 0 Å². The summed E-state index contributed by atoms with van der Waals surface area (Å²) in [5.74, 6) is 0. The van der Waals surface area contributed by atoms with Crippen molar-refractivity contribution in [3.63, 3.8) is 0 Å². The number of nitrogens with zero attached hydrogens (tertiary/aromatic N) is 1. The zero-order valence-electron chi connectivity index (χ0n) is 22.5. The molecule has 0 spiro atoms. The molecule has 0 atom stereocenters. The largest absolute Gasteiger partial charge is 0.251 e. The minimum Gasteiger partial charge on any atom is -0.251 e. The van der Waals surface area contributed by atoms with E-state index in [4.69, 9.17) is 4.98 Å². The van der Waals surface area contributed by atoms with E-state index in [0.717, 1.165) is 0 Å². The monoisotopic (exact) mass is 477 g/mol. The fourth-order valence-corrected chi connectivity index (χ4v) is 7.93. The third kappa shape index (κ3) is 2.35. The lowest BCUT2D eigenvalue weighted by Gasteiger charge is -2.30. The van der Waals surface area contributed by atoms with Crippen LogP contribution in [0.3, 0.4) is 0 Å². The molecule has 3 aliphatic carbocycles. The summed E-state index contributed by atoms with van der Waals surface area (Å²) in [7, 11) is 0. The van der Waals surface area contributed by atoms with Crippen LogP contribution in [0, 0.1) is 0 Å². The molecule has 0 N–H and O–H groups in total. The van der Waals surface area contributed by atoms with Gasteiger partial charge in [-0.15, -0.1) is 0 Å². The van der Waals surface area contributed by atoms with Gasteiger partial charge in [-0.3, -0.25) is 4.98 Å². The summed E-state index contributed by atoms with van der Waals surface area (Å²) in [6, 6.07) is 29.6. The van der Waals surface area contributed by atoms with E-state index in [9.17, 15) is 0 Å². The zero-order chi connectivity index (χ0) is 25.5. The third-order valence-corrected chi connectivity index (χ3v) is 9.76. The standard InChI is InChI=1S/C36H31N/c1-34(2)26-14-10-9-13-22(26)23-16-17-24-31(30(23)34)35(3,4)28-19-25-29-21-12-8-7-11-20(21)15-18-27(29)36(5,6)33(25)37-32(24)28/h7-19H,1-6H3. The van der Waals surface area contributed by atoms with Gasteiger partial charge in [-0.05, 0) is 61.3 Å². The minimum absolute atomic E-state index is 0.0403. The van der Waals surface area contributed by atoms with Gasteiger partial charge >= 0.3 is 0 Å². The molecule has 0 fully saturated rings. The van der Waals surface area contributed by atoms with Gasteiger partial charge in [0.2, 0.25) is 0 Å². The molecule has 37 heavy (non-hydrogen) atoms. The maximum Gasteiger partial charge on any atom is 0.0750 e. The Hall–Kier alpha value is -3.71. The molecular weight excluding hydrogens is 446 g/mol. The lowest BCUT2D eigenvalue weighted by atomic mass is 9.72. The molecule has 0 radical (unpaired) electrons. The average molecular weight is 478 g/mol. The van der Waals surface area contributed by atoms with E-state index in [1.165, 1.54) is 77.8 Å². The zero-order valence-corrected chi connectivity index (χ0v) is 22.5. The Morgan fingerprint density at radius 3 is 2.03 bits per heavy atom. The van der Waals surface area contributed by atoms with Crippen molar-refractivity contribution in [3.8, 4) is 33.5 Å². The van der Waals surface area contributed by atoms with Crippen molar-refractivity contribution in [3.05, 3.63) is 112 Å². The lowest BCUT2D eigenvalue weighted by molar-refractivity contribution is 0.599. The number of aromatic nitrogens is 1. The summed E-state index contributed by atoms with van der Waals surface area (Å²) in [6.45, 7) is 14.3. The highest BCUT2D eigenvalue weighted by molar-refractivity contribution is 6.03. The SMILES string of the molecule is CC1(C)c2ccc3ccccc3c2-c2cc3c(nc21)-c1ccc2c(c1C3(C)C)C(C)(C)c1ccccc1-2. The van der Waals surface area contributed by atoms with Crippen LogP contribution in [0.5, 0.6) is 0 Å². The molecule has 1 heterocycles. The van der Waals surface area contributed by atoms with Crippen LogP contribution in [-0.4, -0.2) is 4.98 Å². The van der Waals surface area contributed by atoms with Gasteiger partial charge in [0.25, 0.3) is 0 Å². The number of hydrogen-bond donors (Lipinski definition) is 0. The van der Waals surface area contributed by atoms with Crippen molar-refractivity contribution in [1.82, 2.24) is 4.98 Å². The Labute approximate surface area is 219 Å². The molecule has 0 aliphatic heterocycles. The highest BCUT2D eigenvalue weighted by Gasteiger charge is 2.48. The van der Waals surface area contributed by atoms with Crippen molar-refractivity contribution >= 4 is 10.8 Å². The summed E-state index contributed by atoms with van der Waals surface area (Å²) in [5, 5.41) is 2.63. The Morgan fingerprint density at radius 1 is 0.514 bits per heavy atom. The second-order valence-corrected chi connectivity index (χ2v) is 12.8. The number of pyridine rings is 1. The first-order valence-electron chi connectivity index (χ1n) is 13.5. The fourth-order valence-electron chi connectivity index (χ4n) is 7.93. The van der Waals surface area contributed by atoms with E-state index in [2.05, 4.69) is 120 Å². The van der Waals surface area contributed by atoms with Gasteiger partial charge in [0.05, 0.1) is 11.4 Å². The molecule has 1 nitrogen and oxygen atoms in total. The average Bonchev–Trinajstić information content (AvgIpc) is 3.37. The van der Waals surface area contributed by atoms with Gasteiger partial charge < -0.3 is 0 Å². The van der Waals surface area contributed by atoms with E-state index in [0.29, 0.717) is 0 Å². The molecular formula is C36H31N. The van der Waals surface area contributed by atoms with E-state index in [-0.39, 0.29) is 16.2 Å². The quantitative estimate of drug-likeness (QED) is 0.217. The summed E-state index contributed by atoms with van der Waals surface area (Å²) in [4.78, 5) is 5.57. The van der Waals surface area contributed by atoms with Gasteiger partial charge in [-0.25, -0.2) is 0 Å². The van der Waals surface area contributed by atoms with E-state index in [1.807, 2.05) is 0 Å². The first-order chi connectivity index (χ1) is 17.6. The summed E-state index contributed by atoms with van der Waals surface area (Å²) in [5.41, 5.74) is 16.0. The first-order valence-corrected chi connectivity index (χ1v) is 13.5. The van der Waals surface area contributed by atoms with Gasteiger partial charge in [0, 0.05) is 27.4 Å². The van der Waals surface area contributed by atoms with Crippen LogP contribution in [0.4, 0.5) is 0 Å². The van der Waals surface area contributed by atoms with Crippen molar-refractivity contribution in [1.29, 1.82) is 0 Å². The molecule has 4 aromatic carbocycles. The molecule has 180 valence electrons. The predicted molar refractivity (Wildman–Crippen MR) is 154 cm³/mol. The molecule has 5 aromatic rings. The maximum atomic E-state index is 5.57. The first kappa shape index (κ1) is 21.4. The van der Waals surface area contributed by atoms with Crippen LogP contribution in [0.15, 0.2) is 78.9 Å². The molecule has 0 amide bonds. The minimum atomic E-state index is -0.136. The second kappa shape index (κ2) is 6.40. The van der Waals surface area contributed by atoms with Crippen molar-refractivity contribution in [2.75, 3.05) is 0 Å². The molecule has 0 unspecified atom stereocenters. The Morgan fingerprint density at radius 2 is 1.19 bits per heavy atom. The molecule has 3 aliphatic rings. The van der Waals surface area contributed by atoms with Crippen LogP contribution >= 0.6 is 0 Å². The molecule has 8 rings (SSSR count). The topological polar surface area (TPSA) is 12.9 Å². The molecule has 0 saturated carbocycles. The van der Waals surface area contributed by atoms with Gasteiger partial charge in [-0.1, -0.05) is 114 Å². The third-order valence-electron chi connectivity index (χ3n) is 9.76. The van der Waals surface area contributed by atoms with Crippen LogP contribution < -0.4 is 0 Å². The van der Waals surface area contributed by atoms with Crippen LogP contribution in [-0.2, 0) is 16.2 Å². The lowest BCUT2D eigenvalue weighted by Crippen LogP contribution is -2.24. The maximum absolute atomic E-state index is 5.57. The Kier molecular flexibility index (Phi) is 3.70. The van der Waals surface area contributed by atoms with Gasteiger partial charge in [0.1, 0.15) is 0 Å². The van der Waals surface area contributed by atoms with Gasteiger partial charge in [0.15, 0.2) is 0 Å². The fraction of sp³-hybridized carbons (Fsp3) is 0.250. The van der Waals surface area contributed by atoms with Crippen molar-refractivity contribution in [2.45, 2.75) is 57.8 Å². The predicted octanol–water partition coefficient (Wildman–Crippen LogP) is 9.15. The van der Waals surface area contributed by atoms with Gasteiger partial charge in [-0.2, -0.15) is 0 Å². The van der Waals surface area contributed by atoms with Crippen LogP contribution in [0.1, 0.15) is 75.1 Å². The Bertz CT molecular complexity index is 1850. The molecule has 0 saturated heterocycles. The van der Waals surface area contributed by atoms with Crippen LogP contribution in [0.25, 0.3) is 44.3 Å². The number of rotatable bonds is 0. The smallest absolute Gasteiger partial charge is 0.0750 e. The number of benzene rings is 4. The van der Waals surface area contributed by atoms with E-state index in [1.54, 1.807) is 0 Å². The van der Waals surface area contributed by atoms with Crippen molar-refractivity contribution in [2.24, 2.45) is 0 Å². The highest BCUT2D eigenvalue weighted by Crippen LogP contribution is 2.60. The number of hydrogen-bond acceptors (Lipinski definition) is 1. The second-order valence-electron chi connectivity index (χ2n) is 12.8.